The number of hydrogen-bond donors (Lipinski definition) is 0. The number of aromatic carboxylic acids is 1. The van der Waals surface area contributed by atoms with Crippen LogP contribution in [-0.2, 0) is 5.41 Å². The second kappa shape index (κ2) is 5.28. The van der Waals surface area contributed by atoms with Crippen LogP contribution in [-0.4, -0.2) is 10.9 Å². The number of rotatable bonds is 4. The maximum atomic E-state index is 11.3. The number of hydrogen-bond acceptors (Lipinski definition) is 4. The third-order valence-electron chi connectivity index (χ3n) is 3.44. The van der Waals surface area contributed by atoms with Crippen molar-refractivity contribution in [2.24, 2.45) is 0 Å². The molecular weight excluding hydrogens is 270 g/mol. The molecule has 5 heteroatoms. The van der Waals surface area contributed by atoms with E-state index in [1.54, 1.807) is 6.92 Å². The third kappa shape index (κ3) is 2.72. The molecule has 0 bridgehead atoms. The minimum Gasteiger partial charge on any atom is -0.545 e. The summed E-state index contributed by atoms with van der Waals surface area (Å²) in [5, 5.41) is 22.1. The Labute approximate surface area is 122 Å². The van der Waals surface area contributed by atoms with E-state index in [2.05, 4.69) is 6.92 Å². The number of carbonyl (C=O) groups excluding carboxylic acids is 1. The summed E-state index contributed by atoms with van der Waals surface area (Å²) < 4.78 is 0. The molecule has 0 aliphatic carbocycles. The lowest BCUT2D eigenvalue weighted by Crippen LogP contribution is -2.29. The van der Waals surface area contributed by atoms with E-state index in [4.69, 9.17) is 0 Å². The van der Waals surface area contributed by atoms with Gasteiger partial charge in [0.2, 0.25) is 0 Å². The van der Waals surface area contributed by atoms with Crippen LogP contribution in [0.15, 0.2) is 48.5 Å². The van der Waals surface area contributed by atoms with E-state index in [9.17, 15) is 20.0 Å². The maximum Gasteiger partial charge on any atom is 0.270 e. The van der Waals surface area contributed by atoms with Crippen molar-refractivity contribution in [3.05, 3.63) is 82.3 Å². The highest BCUT2D eigenvalue weighted by Gasteiger charge is 2.34. The molecule has 0 N–H and O–H groups in total. The molecule has 0 spiro atoms. The fourth-order valence-electron chi connectivity index (χ4n) is 2.26. The molecule has 0 aliphatic rings. The Bertz CT molecular complexity index is 693. The normalized spacial score (nSPS) is 13.4. The van der Waals surface area contributed by atoms with Crippen LogP contribution < -0.4 is 5.11 Å². The summed E-state index contributed by atoms with van der Waals surface area (Å²) in [7, 11) is 0. The Morgan fingerprint density at radius 1 is 1.19 bits per heavy atom. The van der Waals surface area contributed by atoms with Crippen LogP contribution in [0.1, 0.15) is 28.4 Å². The van der Waals surface area contributed by atoms with E-state index in [1.807, 2.05) is 30.3 Å². The molecule has 21 heavy (non-hydrogen) atoms. The van der Waals surface area contributed by atoms with Crippen molar-refractivity contribution in [1.82, 2.24) is 0 Å². The van der Waals surface area contributed by atoms with Gasteiger partial charge in [-0.05, 0) is 13.0 Å². The van der Waals surface area contributed by atoms with Gasteiger partial charge in [-0.25, -0.2) is 0 Å². The molecule has 1 unspecified atom stereocenters. The van der Waals surface area contributed by atoms with Crippen LogP contribution >= 0.6 is 0 Å². The highest BCUT2D eigenvalue weighted by molar-refractivity contribution is 5.89. The van der Waals surface area contributed by atoms with Crippen molar-refractivity contribution in [3.8, 4) is 0 Å². The summed E-state index contributed by atoms with van der Waals surface area (Å²) in [5.41, 5.74) is -0.181. The predicted molar refractivity (Wildman–Crippen MR) is 75.7 cm³/mol. The number of nitro groups is 1. The van der Waals surface area contributed by atoms with Crippen LogP contribution in [0.5, 0.6) is 0 Å². The number of carboxylic acids is 1. The highest BCUT2D eigenvalue weighted by Crippen LogP contribution is 2.34. The first kappa shape index (κ1) is 14.6. The van der Waals surface area contributed by atoms with Crippen LogP contribution in [0, 0.1) is 17.0 Å². The number of carboxylic acid groups (broad SMARTS) is 1. The van der Waals surface area contributed by atoms with Crippen molar-refractivity contribution >= 4 is 11.7 Å². The second-order valence-electron chi connectivity index (χ2n) is 4.97. The molecule has 5 nitrogen and oxygen atoms in total. The minimum atomic E-state index is -1.46. The summed E-state index contributed by atoms with van der Waals surface area (Å²) in [4.78, 5) is 21.5. The fraction of sp³-hybridized carbons (Fsp3) is 0.125. The van der Waals surface area contributed by atoms with Gasteiger partial charge in [0, 0.05) is 28.8 Å². The number of carbonyl (C=O) groups is 1. The summed E-state index contributed by atoms with van der Waals surface area (Å²) >= 11 is 0. The van der Waals surface area contributed by atoms with Crippen molar-refractivity contribution in [2.45, 2.75) is 12.3 Å². The standard InChI is InChI=1S/C16H13NO4/c1-16(2,11-6-4-3-5-7-11)14-9-8-12(17(20)21)10-13(14)15(18)19/h3-10H,1H2,2H3. The van der Waals surface area contributed by atoms with Gasteiger partial charge in [0.05, 0.1) is 17.8 Å². The highest BCUT2D eigenvalue weighted by atomic mass is 16.6. The van der Waals surface area contributed by atoms with E-state index in [1.165, 1.54) is 12.1 Å². The van der Waals surface area contributed by atoms with Gasteiger partial charge < -0.3 is 9.90 Å². The molecule has 0 saturated carbocycles. The third-order valence-corrected chi connectivity index (χ3v) is 3.44. The predicted octanol–water partition coefficient (Wildman–Crippen LogP) is 2.10. The van der Waals surface area contributed by atoms with Crippen molar-refractivity contribution in [1.29, 1.82) is 0 Å². The molecule has 2 aromatic carbocycles. The average Bonchev–Trinajstić information content (AvgIpc) is 2.47. The minimum absolute atomic E-state index is 0.217. The van der Waals surface area contributed by atoms with Crippen LogP contribution in [0.3, 0.4) is 0 Å². The van der Waals surface area contributed by atoms with Crippen molar-refractivity contribution < 1.29 is 14.8 Å². The summed E-state index contributed by atoms with van der Waals surface area (Å²) in [5.74, 6) is -1.46. The molecule has 0 radical (unpaired) electrons. The van der Waals surface area contributed by atoms with Gasteiger partial charge in [-0.2, -0.15) is 0 Å². The van der Waals surface area contributed by atoms with Gasteiger partial charge >= 0.3 is 0 Å². The molecule has 0 aromatic heterocycles. The lowest BCUT2D eigenvalue weighted by Gasteiger charge is -2.22. The Morgan fingerprint density at radius 2 is 1.81 bits per heavy atom. The number of nitrogens with zero attached hydrogens (tertiary/aromatic N) is 1. The summed E-state index contributed by atoms with van der Waals surface area (Å²) in [6.07, 6.45) is 0. The quantitative estimate of drug-likeness (QED) is 0.488. The molecule has 0 saturated heterocycles. The topological polar surface area (TPSA) is 83.3 Å². The Balaban J connectivity index is 2.63. The average molecular weight is 283 g/mol. The van der Waals surface area contributed by atoms with Crippen LogP contribution in [0.2, 0.25) is 0 Å². The lowest BCUT2D eigenvalue weighted by atomic mass is 9.76. The zero-order chi connectivity index (χ0) is 15.6. The molecule has 2 rings (SSSR count). The maximum absolute atomic E-state index is 11.3. The summed E-state index contributed by atoms with van der Waals surface area (Å²) in [6, 6.07) is 12.8. The van der Waals surface area contributed by atoms with Gasteiger partial charge in [-0.1, -0.05) is 30.3 Å². The van der Waals surface area contributed by atoms with Crippen LogP contribution in [0.25, 0.3) is 0 Å². The SMILES string of the molecule is [CH2+]C(C)(c1ccccc1)c1ccc([N+](=O)[O-])cc1C(=O)[O-]. The first-order valence-electron chi connectivity index (χ1n) is 6.25. The molecule has 2 aromatic rings. The number of non-ortho nitro benzene ring substituents is 1. The van der Waals surface area contributed by atoms with E-state index >= 15 is 0 Å². The van der Waals surface area contributed by atoms with E-state index in [-0.39, 0.29) is 11.3 Å². The van der Waals surface area contributed by atoms with E-state index in [0.29, 0.717) is 5.56 Å². The first-order chi connectivity index (χ1) is 9.84. The molecule has 0 aliphatic heterocycles. The molecule has 0 heterocycles. The Morgan fingerprint density at radius 3 is 2.33 bits per heavy atom. The lowest BCUT2D eigenvalue weighted by molar-refractivity contribution is -0.385. The molecular formula is C16H13NO4. The van der Waals surface area contributed by atoms with Gasteiger partial charge in [-0.15, -0.1) is 0 Å². The second-order valence-corrected chi connectivity index (χ2v) is 4.97. The van der Waals surface area contributed by atoms with Crippen molar-refractivity contribution in [3.63, 3.8) is 0 Å². The fourth-order valence-corrected chi connectivity index (χ4v) is 2.26. The molecule has 1 atom stereocenters. The van der Waals surface area contributed by atoms with E-state index in [0.717, 1.165) is 11.6 Å². The monoisotopic (exact) mass is 283 g/mol. The number of benzene rings is 2. The first-order valence-corrected chi connectivity index (χ1v) is 6.25. The van der Waals surface area contributed by atoms with Crippen molar-refractivity contribution in [2.75, 3.05) is 0 Å². The zero-order valence-corrected chi connectivity index (χ0v) is 11.4. The molecule has 106 valence electrons. The summed E-state index contributed by atoms with van der Waals surface area (Å²) in [6.45, 7) is 5.83. The van der Waals surface area contributed by atoms with Gasteiger partial charge in [0.25, 0.3) is 5.69 Å². The van der Waals surface area contributed by atoms with Gasteiger partial charge in [0.1, 0.15) is 0 Å². The Hall–Kier alpha value is -2.82. The largest absolute Gasteiger partial charge is 0.545 e. The van der Waals surface area contributed by atoms with Crippen LogP contribution in [0.4, 0.5) is 5.69 Å². The Kier molecular flexibility index (Phi) is 3.67. The van der Waals surface area contributed by atoms with Gasteiger partial charge in [0.15, 0.2) is 5.41 Å². The molecule has 0 fully saturated rings. The smallest absolute Gasteiger partial charge is 0.270 e. The zero-order valence-electron chi connectivity index (χ0n) is 11.4. The van der Waals surface area contributed by atoms with E-state index < -0.39 is 16.3 Å². The van der Waals surface area contributed by atoms with Gasteiger partial charge in [-0.3, -0.25) is 10.1 Å². The molecule has 0 amide bonds. The number of nitro benzene ring substituents is 1.